The van der Waals surface area contributed by atoms with Gasteiger partial charge in [0.05, 0.1) is 18.1 Å². The molecule has 196 valence electrons. The van der Waals surface area contributed by atoms with Gasteiger partial charge < -0.3 is 9.84 Å². The number of aliphatic hydroxyl groups is 1. The largest absolute Gasteiger partial charge is 0.469 e. The molecule has 4 heteroatoms. The van der Waals surface area contributed by atoms with Crippen molar-refractivity contribution in [1.82, 2.24) is 0 Å². The second-order valence-electron chi connectivity index (χ2n) is 14.7. The van der Waals surface area contributed by atoms with Gasteiger partial charge in [0.15, 0.2) is 0 Å². The number of carbonyl (C=O) groups is 2. The van der Waals surface area contributed by atoms with Crippen molar-refractivity contribution in [2.24, 2.45) is 50.7 Å². The van der Waals surface area contributed by atoms with E-state index in [1.165, 1.54) is 12.7 Å². The Morgan fingerprint density at radius 2 is 1.66 bits per heavy atom. The predicted octanol–water partition coefficient (Wildman–Crippen LogP) is 6.50. The van der Waals surface area contributed by atoms with Crippen LogP contribution in [0.5, 0.6) is 0 Å². The molecule has 4 fully saturated rings. The maximum Gasteiger partial charge on any atom is 0.312 e. The molecule has 0 aliphatic heterocycles. The Balaban J connectivity index is 1.65. The van der Waals surface area contributed by atoms with Gasteiger partial charge in [0.25, 0.3) is 0 Å². The number of carbonyl (C=O) groups excluding carboxylic acids is 2. The summed E-state index contributed by atoms with van der Waals surface area (Å²) < 4.78 is 5.43. The van der Waals surface area contributed by atoms with E-state index in [2.05, 4.69) is 47.6 Å². The normalized spacial score (nSPS) is 52.8. The summed E-state index contributed by atoms with van der Waals surface area (Å²) in [6.45, 7) is 16.0. The molecule has 0 aromatic heterocycles. The maximum atomic E-state index is 13.4. The second-order valence-corrected chi connectivity index (χ2v) is 14.7. The zero-order valence-electron chi connectivity index (χ0n) is 23.4. The first kappa shape index (κ1) is 25.5. The van der Waals surface area contributed by atoms with Crippen LogP contribution in [0.2, 0.25) is 0 Å². The number of rotatable bonds is 1. The first-order valence-corrected chi connectivity index (χ1v) is 14.2. The molecule has 4 nitrogen and oxygen atoms in total. The molecular formula is C31H48O4. The third-order valence-electron chi connectivity index (χ3n) is 13.4. The Morgan fingerprint density at radius 1 is 0.971 bits per heavy atom. The average molecular weight is 485 g/mol. The zero-order chi connectivity index (χ0) is 25.8. The van der Waals surface area contributed by atoms with Crippen LogP contribution in [-0.2, 0) is 14.3 Å². The molecule has 0 radical (unpaired) electrons. The average Bonchev–Trinajstić information content (AvgIpc) is 2.79. The number of methoxy groups -OCH3 is 1. The molecule has 5 aliphatic carbocycles. The predicted molar refractivity (Wildman–Crippen MR) is 137 cm³/mol. The summed E-state index contributed by atoms with van der Waals surface area (Å²) in [7, 11) is 1.51. The van der Waals surface area contributed by atoms with E-state index in [0.29, 0.717) is 24.0 Å². The van der Waals surface area contributed by atoms with Crippen molar-refractivity contribution in [3.05, 3.63) is 11.6 Å². The van der Waals surface area contributed by atoms with Crippen molar-refractivity contribution in [2.75, 3.05) is 7.11 Å². The lowest BCUT2D eigenvalue weighted by atomic mass is 9.33. The molecule has 9 atom stereocenters. The number of Topliss-reactive ketones (excluding diaryl/α,β-unsaturated/α-hetero) is 1. The van der Waals surface area contributed by atoms with E-state index in [-0.39, 0.29) is 39.5 Å². The minimum absolute atomic E-state index is 0.0707. The quantitative estimate of drug-likeness (QED) is 0.341. The third-order valence-corrected chi connectivity index (χ3v) is 13.4. The van der Waals surface area contributed by atoms with E-state index in [1.54, 1.807) is 0 Å². The SMILES string of the molecule is COC(=O)C12CCC(C)C(C)(O)C1C1=CCC3C4(C)CCC(=O)C(C)(C)C4CCC3(C)C1(C)CC2. The first-order valence-electron chi connectivity index (χ1n) is 14.2. The molecule has 0 heterocycles. The summed E-state index contributed by atoms with van der Waals surface area (Å²) in [6.07, 6.45) is 10.7. The number of ketones is 1. The highest BCUT2D eigenvalue weighted by Crippen LogP contribution is 2.75. The summed E-state index contributed by atoms with van der Waals surface area (Å²) in [4.78, 5) is 26.4. The Morgan fingerprint density at radius 3 is 2.31 bits per heavy atom. The van der Waals surface area contributed by atoms with Crippen molar-refractivity contribution in [2.45, 2.75) is 112 Å². The Kier molecular flexibility index (Phi) is 5.43. The van der Waals surface area contributed by atoms with Gasteiger partial charge in [-0.1, -0.05) is 53.2 Å². The van der Waals surface area contributed by atoms with Crippen LogP contribution in [0.1, 0.15) is 106 Å². The lowest BCUT2D eigenvalue weighted by molar-refractivity contribution is -0.208. The smallest absolute Gasteiger partial charge is 0.312 e. The van der Waals surface area contributed by atoms with Crippen LogP contribution in [0, 0.1) is 50.7 Å². The van der Waals surface area contributed by atoms with Crippen molar-refractivity contribution in [1.29, 1.82) is 0 Å². The van der Waals surface area contributed by atoms with Gasteiger partial charge in [0.2, 0.25) is 0 Å². The molecule has 4 saturated carbocycles. The van der Waals surface area contributed by atoms with Crippen LogP contribution in [0.25, 0.3) is 0 Å². The van der Waals surface area contributed by atoms with Gasteiger partial charge >= 0.3 is 5.97 Å². The van der Waals surface area contributed by atoms with Gasteiger partial charge in [-0.2, -0.15) is 0 Å². The number of ether oxygens (including phenoxy) is 1. The molecule has 0 aromatic carbocycles. The van der Waals surface area contributed by atoms with Gasteiger partial charge in [0.1, 0.15) is 5.78 Å². The number of allylic oxidation sites excluding steroid dienone is 1. The van der Waals surface area contributed by atoms with Crippen molar-refractivity contribution in [3.63, 3.8) is 0 Å². The highest BCUT2D eigenvalue weighted by atomic mass is 16.5. The van der Waals surface area contributed by atoms with Gasteiger partial charge in [-0.05, 0) is 92.3 Å². The van der Waals surface area contributed by atoms with Crippen LogP contribution >= 0.6 is 0 Å². The fraction of sp³-hybridized carbons (Fsp3) is 0.871. The van der Waals surface area contributed by atoms with Crippen LogP contribution < -0.4 is 0 Å². The van der Waals surface area contributed by atoms with E-state index in [1.807, 2.05) is 6.92 Å². The van der Waals surface area contributed by atoms with E-state index < -0.39 is 11.0 Å². The summed E-state index contributed by atoms with van der Waals surface area (Å²) in [6, 6.07) is 0. The standard InChI is InChI=1S/C31H48O4/c1-19-11-16-31(25(33)35-8)18-17-28(5)20(24(31)30(19,7)34)9-10-22-27(4)14-13-23(32)26(2,3)21(27)12-15-29(22,28)6/h9,19,21-22,24,34H,10-18H2,1-8H3. The molecule has 9 unspecified atom stereocenters. The highest BCUT2D eigenvalue weighted by molar-refractivity contribution is 5.85. The van der Waals surface area contributed by atoms with Gasteiger partial charge in [-0.3, -0.25) is 9.59 Å². The summed E-state index contributed by atoms with van der Waals surface area (Å²) in [5.41, 5.74) is -0.347. The van der Waals surface area contributed by atoms with E-state index in [9.17, 15) is 14.7 Å². The van der Waals surface area contributed by atoms with Crippen molar-refractivity contribution >= 4 is 11.8 Å². The van der Waals surface area contributed by atoms with E-state index in [4.69, 9.17) is 4.74 Å². The Hall–Kier alpha value is -1.16. The molecule has 0 aromatic rings. The molecule has 5 aliphatic rings. The lowest BCUT2D eigenvalue weighted by Gasteiger charge is -2.71. The summed E-state index contributed by atoms with van der Waals surface area (Å²) in [5.74, 6) is 1.17. The molecule has 35 heavy (non-hydrogen) atoms. The summed E-state index contributed by atoms with van der Waals surface area (Å²) >= 11 is 0. The maximum absolute atomic E-state index is 13.4. The van der Waals surface area contributed by atoms with Crippen molar-refractivity contribution < 1.29 is 19.4 Å². The van der Waals surface area contributed by atoms with Gasteiger partial charge in [0, 0.05) is 17.8 Å². The Labute approximate surface area is 212 Å². The number of esters is 1. The Bertz CT molecular complexity index is 976. The summed E-state index contributed by atoms with van der Waals surface area (Å²) in [5, 5.41) is 12.0. The van der Waals surface area contributed by atoms with E-state index >= 15 is 0 Å². The fourth-order valence-electron chi connectivity index (χ4n) is 10.8. The van der Waals surface area contributed by atoms with Crippen LogP contribution in [0.4, 0.5) is 0 Å². The van der Waals surface area contributed by atoms with E-state index in [0.717, 1.165) is 51.4 Å². The fourth-order valence-corrected chi connectivity index (χ4v) is 10.8. The topological polar surface area (TPSA) is 63.6 Å². The number of hydrogen-bond donors (Lipinski definition) is 1. The van der Waals surface area contributed by atoms with Gasteiger partial charge in [-0.15, -0.1) is 0 Å². The lowest BCUT2D eigenvalue weighted by Crippen LogP contribution is -2.67. The van der Waals surface area contributed by atoms with Crippen LogP contribution in [0.3, 0.4) is 0 Å². The van der Waals surface area contributed by atoms with Crippen molar-refractivity contribution in [3.8, 4) is 0 Å². The monoisotopic (exact) mass is 484 g/mol. The molecule has 0 bridgehead atoms. The zero-order valence-corrected chi connectivity index (χ0v) is 23.4. The molecule has 5 rings (SSSR count). The third kappa shape index (κ3) is 2.90. The van der Waals surface area contributed by atoms with Crippen LogP contribution in [0.15, 0.2) is 11.6 Å². The molecular weight excluding hydrogens is 436 g/mol. The van der Waals surface area contributed by atoms with Crippen LogP contribution in [-0.4, -0.2) is 29.6 Å². The first-order chi connectivity index (χ1) is 16.1. The minimum Gasteiger partial charge on any atom is -0.469 e. The van der Waals surface area contributed by atoms with Gasteiger partial charge in [-0.25, -0.2) is 0 Å². The molecule has 0 amide bonds. The number of hydrogen-bond acceptors (Lipinski definition) is 4. The number of fused-ring (bicyclic) bond motifs is 7. The highest BCUT2D eigenvalue weighted by Gasteiger charge is 2.71. The molecule has 0 spiro atoms. The second kappa shape index (κ2) is 7.45. The minimum atomic E-state index is -0.941. The molecule has 0 saturated heterocycles. The molecule has 1 N–H and O–H groups in total.